The number of nitrogens with zero attached hydrogens (tertiary/aromatic N) is 1. The van der Waals surface area contributed by atoms with Crippen molar-refractivity contribution in [3.8, 4) is 0 Å². The van der Waals surface area contributed by atoms with Gasteiger partial charge >= 0.3 is 0 Å². The van der Waals surface area contributed by atoms with Crippen LogP contribution in [0.4, 0.5) is 8.78 Å². The minimum Gasteiger partial charge on any atom is -0.329 e. The predicted molar refractivity (Wildman–Crippen MR) is 73.2 cm³/mol. The number of rotatable bonds is 4. The molecule has 0 aromatic heterocycles. The molecule has 4 heteroatoms. The van der Waals surface area contributed by atoms with Crippen LogP contribution in [0.3, 0.4) is 0 Å². The van der Waals surface area contributed by atoms with Crippen LogP contribution in [0.5, 0.6) is 0 Å². The largest absolute Gasteiger partial charge is 0.329 e. The molecule has 19 heavy (non-hydrogen) atoms. The molecule has 0 amide bonds. The number of piperidine rings is 1. The Bertz CT molecular complexity index is 409. The van der Waals surface area contributed by atoms with Crippen LogP contribution in [-0.4, -0.2) is 24.0 Å². The van der Waals surface area contributed by atoms with Gasteiger partial charge in [0.25, 0.3) is 6.43 Å². The fraction of sp³-hybridized carbons (Fsp3) is 0.600. The van der Waals surface area contributed by atoms with Crippen LogP contribution in [0, 0.1) is 0 Å². The topological polar surface area (TPSA) is 29.3 Å². The zero-order valence-electron chi connectivity index (χ0n) is 11.4. The quantitative estimate of drug-likeness (QED) is 0.905. The molecule has 1 aliphatic rings. The smallest absolute Gasteiger partial charge is 0.263 e. The van der Waals surface area contributed by atoms with Crippen molar-refractivity contribution < 1.29 is 8.78 Å². The van der Waals surface area contributed by atoms with Gasteiger partial charge in [0.2, 0.25) is 0 Å². The van der Waals surface area contributed by atoms with Crippen molar-refractivity contribution in [2.75, 3.05) is 13.1 Å². The summed E-state index contributed by atoms with van der Waals surface area (Å²) in [6, 6.07) is 7.20. The van der Waals surface area contributed by atoms with Crippen molar-refractivity contribution in [3.05, 3.63) is 35.4 Å². The standard InChI is InChI=1S/C15H22F2N2/c1-11-5-2-3-8-19(11)14(10-18)12-6-4-7-13(9-12)15(16)17/h4,6-7,9,11,14-15H,2-3,5,8,10,18H2,1H3. The first-order chi connectivity index (χ1) is 9.13. The number of benzene rings is 1. The maximum atomic E-state index is 12.8. The van der Waals surface area contributed by atoms with Gasteiger partial charge in [0, 0.05) is 24.2 Å². The van der Waals surface area contributed by atoms with E-state index in [0.717, 1.165) is 24.9 Å². The molecule has 2 atom stereocenters. The van der Waals surface area contributed by atoms with Crippen LogP contribution in [0.25, 0.3) is 0 Å². The lowest BCUT2D eigenvalue weighted by Gasteiger charge is -2.39. The summed E-state index contributed by atoms with van der Waals surface area (Å²) < 4.78 is 25.6. The maximum absolute atomic E-state index is 12.8. The van der Waals surface area contributed by atoms with Gasteiger partial charge in [-0.1, -0.05) is 24.6 Å². The summed E-state index contributed by atoms with van der Waals surface area (Å²) >= 11 is 0. The monoisotopic (exact) mass is 268 g/mol. The highest BCUT2D eigenvalue weighted by Gasteiger charge is 2.26. The van der Waals surface area contributed by atoms with Gasteiger partial charge in [-0.15, -0.1) is 0 Å². The molecule has 0 aliphatic carbocycles. The number of hydrogen-bond acceptors (Lipinski definition) is 2. The second-order valence-electron chi connectivity index (χ2n) is 5.30. The summed E-state index contributed by atoms with van der Waals surface area (Å²) in [7, 11) is 0. The Hall–Kier alpha value is -1.00. The summed E-state index contributed by atoms with van der Waals surface area (Å²) in [6.45, 7) is 3.66. The van der Waals surface area contributed by atoms with E-state index in [1.165, 1.54) is 12.5 Å². The third-order valence-electron chi connectivity index (χ3n) is 4.03. The van der Waals surface area contributed by atoms with E-state index in [1.54, 1.807) is 12.1 Å². The molecule has 2 nitrogen and oxygen atoms in total. The van der Waals surface area contributed by atoms with E-state index in [-0.39, 0.29) is 11.6 Å². The Morgan fingerprint density at radius 3 is 2.68 bits per heavy atom. The van der Waals surface area contributed by atoms with Crippen LogP contribution in [0.1, 0.15) is 49.8 Å². The van der Waals surface area contributed by atoms with Gasteiger partial charge < -0.3 is 5.73 Å². The number of hydrogen-bond donors (Lipinski definition) is 1. The molecular formula is C15H22F2N2. The van der Waals surface area contributed by atoms with Gasteiger partial charge in [0.1, 0.15) is 0 Å². The Kier molecular flexibility index (Phi) is 4.88. The van der Waals surface area contributed by atoms with Crippen LogP contribution in [0.2, 0.25) is 0 Å². The molecule has 106 valence electrons. The number of alkyl halides is 2. The molecule has 1 fully saturated rings. The molecule has 1 heterocycles. The van der Waals surface area contributed by atoms with Crippen LogP contribution in [-0.2, 0) is 0 Å². The Morgan fingerprint density at radius 2 is 2.05 bits per heavy atom. The lowest BCUT2D eigenvalue weighted by Crippen LogP contribution is -2.43. The third kappa shape index (κ3) is 3.31. The van der Waals surface area contributed by atoms with E-state index in [9.17, 15) is 8.78 Å². The van der Waals surface area contributed by atoms with Crippen molar-refractivity contribution in [3.63, 3.8) is 0 Å². The maximum Gasteiger partial charge on any atom is 0.263 e. The molecule has 0 bridgehead atoms. The van der Waals surface area contributed by atoms with Gasteiger partial charge in [-0.2, -0.15) is 0 Å². The lowest BCUT2D eigenvalue weighted by molar-refractivity contribution is 0.108. The van der Waals surface area contributed by atoms with Gasteiger partial charge in [0.05, 0.1) is 0 Å². The molecule has 2 rings (SSSR count). The normalized spacial score (nSPS) is 22.7. The SMILES string of the molecule is CC1CCCCN1C(CN)c1cccc(C(F)F)c1. The Morgan fingerprint density at radius 1 is 1.32 bits per heavy atom. The summed E-state index contributed by atoms with van der Waals surface area (Å²) in [5, 5.41) is 0. The average Bonchev–Trinajstić information content (AvgIpc) is 2.42. The van der Waals surface area contributed by atoms with Crippen LogP contribution >= 0.6 is 0 Å². The number of halogens is 2. The Labute approximate surface area is 113 Å². The summed E-state index contributed by atoms with van der Waals surface area (Å²) in [6.07, 6.45) is 1.14. The van der Waals surface area contributed by atoms with Gasteiger partial charge in [-0.3, -0.25) is 4.90 Å². The molecule has 0 saturated carbocycles. The highest BCUT2D eigenvalue weighted by Crippen LogP contribution is 2.30. The molecule has 1 saturated heterocycles. The first-order valence-electron chi connectivity index (χ1n) is 6.97. The van der Waals surface area contributed by atoms with Crippen molar-refractivity contribution in [2.45, 2.75) is 44.7 Å². The fourth-order valence-electron chi connectivity index (χ4n) is 2.95. The zero-order chi connectivity index (χ0) is 13.8. The first-order valence-corrected chi connectivity index (χ1v) is 6.97. The summed E-state index contributed by atoms with van der Waals surface area (Å²) in [4.78, 5) is 2.36. The first kappa shape index (κ1) is 14.4. The molecular weight excluding hydrogens is 246 g/mol. The molecule has 0 radical (unpaired) electrons. The van der Waals surface area contributed by atoms with Crippen molar-refractivity contribution in [1.82, 2.24) is 4.90 Å². The Balaban J connectivity index is 2.23. The predicted octanol–water partition coefficient (Wildman–Crippen LogP) is 3.50. The van der Waals surface area contributed by atoms with E-state index >= 15 is 0 Å². The fourth-order valence-corrected chi connectivity index (χ4v) is 2.95. The van der Waals surface area contributed by atoms with E-state index in [0.29, 0.717) is 12.6 Å². The van der Waals surface area contributed by atoms with Gasteiger partial charge in [-0.05, 0) is 37.9 Å². The number of nitrogens with two attached hydrogens (primary N) is 1. The highest BCUT2D eigenvalue weighted by atomic mass is 19.3. The molecule has 0 spiro atoms. The molecule has 1 aromatic carbocycles. The summed E-state index contributed by atoms with van der Waals surface area (Å²) in [5.74, 6) is 0. The van der Waals surface area contributed by atoms with Crippen LogP contribution < -0.4 is 5.73 Å². The van der Waals surface area contributed by atoms with E-state index in [2.05, 4.69) is 11.8 Å². The molecule has 1 aliphatic heterocycles. The van der Waals surface area contributed by atoms with E-state index < -0.39 is 6.43 Å². The lowest BCUT2D eigenvalue weighted by atomic mass is 9.96. The third-order valence-corrected chi connectivity index (χ3v) is 4.03. The minimum absolute atomic E-state index is 0.0500. The molecule has 2 N–H and O–H groups in total. The molecule has 2 unspecified atom stereocenters. The highest BCUT2D eigenvalue weighted by molar-refractivity contribution is 5.27. The summed E-state index contributed by atoms with van der Waals surface area (Å²) in [5.41, 5.74) is 6.89. The second kappa shape index (κ2) is 6.44. The van der Waals surface area contributed by atoms with Crippen molar-refractivity contribution in [1.29, 1.82) is 0 Å². The van der Waals surface area contributed by atoms with E-state index in [1.807, 2.05) is 6.07 Å². The van der Waals surface area contributed by atoms with Crippen molar-refractivity contribution in [2.24, 2.45) is 5.73 Å². The zero-order valence-corrected chi connectivity index (χ0v) is 11.4. The van der Waals surface area contributed by atoms with Gasteiger partial charge in [0.15, 0.2) is 0 Å². The molecule has 1 aromatic rings. The average molecular weight is 268 g/mol. The van der Waals surface area contributed by atoms with E-state index in [4.69, 9.17) is 5.73 Å². The van der Waals surface area contributed by atoms with Crippen LogP contribution in [0.15, 0.2) is 24.3 Å². The number of likely N-dealkylation sites (tertiary alicyclic amines) is 1. The van der Waals surface area contributed by atoms with Crippen molar-refractivity contribution >= 4 is 0 Å². The van der Waals surface area contributed by atoms with Gasteiger partial charge in [-0.25, -0.2) is 8.78 Å². The second-order valence-corrected chi connectivity index (χ2v) is 5.30. The minimum atomic E-state index is -2.42.